The highest BCUT2D eigenvalue weighted by Gasteiger charge is 2.04. The SMILES string of the molecule is [N-]=[N+]=Nc1ccccc1Cc1ccccc1N=[N+]=[N-]. The van der Waals surface area contributed by atoms with Gasteiger partial charge < -0.3 is 0 Å². The van der Waals surface area contributed by atoms with Crippen LogP contribution in [0.2, 0.25) is 0 Å². The molecule has 0 heterocycles. The maximum Gasteiger partial charge on any atom is 0.0410 e. The zero-order valence-electron chi connectivity index (χ0n) is 10.0. The quantitative estimate of drug-likeness (QED) is 0.406. The largest absolute Gasteiger partial charge is 0.0620 e. The first-order chi connectivity index (χ1) is 9.35. The summed E-state index contributed by atoms with van der Waals surface area (Å²) in [5.41, 5.74) is 20.0. The molecular weight excluding hydrogens is 240 g/mol. The fourth-order valence-electron chi connectivity index (χ4n) is 1.82. The van der Waals surface area contributed by atoms with Gasteiger partial charge in [0.2, 0.25) is 0 Å². The van der Waals surface area contributed by atoms with Crippen LogP contribution >= 0.6 is 0 Å². The fourth-order valence-corrected chi connectivity index (χ4v) is 1.82. The summed E-state index contributed by atoms with van der Waals surface area (Å²) in [4.78, 5) is 5.62. The predicted octanol–water partition coefficient (Wildman–Crippen LogP) is 5.16. The van der Waals surface area contributed by atoms with E-state index in [2.05, 4.69) is 20.1 Å². The van der Waals surface area contributed by atoms with Crippen molar-refractivity contribution in [3.63, 3.8) is 0 Å². The highest BCUT2D eigenvalue weighted by molar-refractivity contribution is 5.53. The number of nitrogens with zero attached hydrogens (tertiary/aromatic N) is 6. The number of rotatable bonds is 4. The van der Waals surface area contributed by atoms with Gasteiger partial charge in [-0.25, -0.2) is 0 Å². The van der Waals surface area contributed by atoms with Gasteiger partial charge in [0.05, 0.1) is 0 Å². The summed E-state index contributed by atoms with van der Waals surface area (Å²) < 4.78 is 0. The Morgan fingerprint density at radius 1 is 0.737 bits per heavy atom. The summed E-state index contributed by atoms with van der Waals surface area (Å²) >= 11 is 0. The van der Waals surface area contributed by atoms with E-state index >= 15 is 0 Å². The van der Waals surface area contributed by atoms with Gasteiger partial charge in [-0.3, -0.25) is 0 Å². The van der Waals surface area contributed by atoms with E-state index < -0.39 is 0 Å². The molecule has 0 saturated heterocycles. The molecule has 0 aromatic heterocycles. The smallest absolute Gasteiger partial charge is 0.0410 e. The van der Waals surface area contributed by atoms with E-state index in [1.165, 1.54) is 0 Å². The Hall–Kier alpha value is -2.94. The minimum Gasteiger partial charge on any atom is -0.0620 e. The normalized spacial score (nSPS) is 9.26. The Bertz CT molecular complexity index is 622. The summed E-state index contributed by atoms with van der Waals surface area (Å²) in [6, 6.07) is 14.7. The molecule has 0 aliphatic rings. The van der Waals surface area contributed by atoms with Crippen molar-refractivity contribution >= 4 is 11.4 Å². The maximum absolute atomic E-state index is 8.54. The van der Waals surface area contributed by atoms with Crippen LogP contribution in [0.15, 0.2) is 58.8 Å². The molecule has 6 heteroatoms. The first-order valence-corrected chi connectivity index (χ1v) is 5.61. The summed E-state index contributed by atoms with van der Waals surface area (Å²) in [7, 11) is 0. The number of hydrogen-bond donors (Lipinski definition) is 0. The molecular formula is C13H10N6. The van der Waals surface area contributed by atoms with Gasteiger partial charge in [0.15, 0.2) is 0 Å². The van der Waals surface area contributed by atoms with Gasteiger partial charge in [0, 0.05) is 21.2 Å². The topological polar surface area (TPSA) is 97.5 Å². The molecule has 0 aliphatic carbocycles. The molecule has 0 unspecified atom stereocenters. The first kappa shape index (κ1) is 12.5. The van der Waals surface area contributed by atoms with Crippen molar-refractivity contribution in [2.75, 3.05) is 0 Å². The van der Waals surface area contributed by atoms with Crippen molar-refractivity contribution in [3.05, 3.63) is 80.5 Å². The molecule has 0 atom stereocenters. The molecule has 2 rings (SSSR count). The summed E-state index contributed by atoms with van der Waals surface area (Å²) in [6.07, 6.45) is 0.546. The van der Waals surface area contributed by atoms with Crippen LogP contribution in [0.1, 0.15) is 11.1 Å². The second kappa shape index (κ2) is 6.12. The van der Waals surface area contributed by atoms with Crippen molar-refractivity contribution in [1.82, 2.24) is 0 Å². The van der Waals surface area contributed by atoms with Gasteiger partial charge in [0.1, 0.15) is 0 Å². The summed E-state index contributed by atoms with van der Waals surface area (Å²) in [5, 5.41) is 7.31. The third kappa shape index (κ3) is 3.04. The monoisotopic (exact) mass is 250 g/mol. The van der Waals surface area contributed by atoms with Gasteiger partial charge in [-0.15, -0.1) is 0 Å². The van der Waals surface area contributed by atoms with Crippen LogP contribution in [0, 0.1) is 0 Å². The Morgan fingerprint density at radius 3 is 1.58 bits per heavy atom. The zero-order valence-corrected chi connectivity index (χ0v) is 10.0. The maximum atomic E-state index is 8.54. The molecule has 6 nitrogen and oxygen atoms in total. The molecule has 2 aromatic carbocycles. The lowest BCUT2D eigenvalue weighted by molar-refractivity contribution is 1.17. The number of azide groups is 2. The van der Waals surface area contributed by atoms with Crippen LogP contribution in [0.3, 0.4) is 0 Å². The van der Waals surface area contributed by atoms with E-state index in [4.69, 9.17) is 11.1 Å². The average molecular weight is 250 g/mol. The fraction of sp³-hybridized carbons (Fsp3) is 0.0769. The minimum atomic E-state index is 0.546. The molecule has 19 heavy (non-hydrogen) atoms. The van der Waals surface area contributed by atoms with Crippen molar-refractivity contribution in [1.29, 1.82) is 0 Å². The Morgan fingerprint density at radius 2 is 1.16 bits per heavy atom. The van der Waals surface area contributed by atoms with Crippen molar-refractivity contribution in [3.8, 4) is 0 Å². The Labute approximate surface area is 109 Å². The molecule has 0 aliphatic heterocycles. The lowest BCUT2D eigenvalue weighted by Crippen LogP contribution is -1.88. The Balaban J connectivity index is 2.41. The third-order valence-corrected chi connectivity index (χ3v) is 2.67. The van der Waals surface area contributed by atoms with Gasteiger partial charge in [-0.05, 0) is 28.6 Å². The van der Waals surface area contributed by atoms with Gasteiger partial charge >= 0.3 is 0 Å². The van der Waals surface area contributed by atoms with E-state index in [0.717, 1.165) is 11.1 Å². The van der Waals surface area contributed by atoms with Crippen LogP contribution in [-0.4, -0.2) is 0 Å². The Kier molecular flexibility index (Phi) is 4.03. The highest BCUT2D eigenvalue weighted by atomic mass is 15.1. The lowest BCUT2D eigenvalue weighted by atomic mass is 10.0. The predicted molar refractivity (Wildman–Crippen MR) is 73.3 cm³/mol. The molecule has 0 saturated carbocycles. The van der Waals surface area contributed by atoms with Crippen molar-refractivity contribution < 1.29 is 0 Å². The molecule has 0 radical (unpaired) electrons. The molecule has 0 N–H and O–H groups in total. The molecule has 0 spiro atoms. The standard InChI is InChI=1S/C13H10N6/c14-18-16-12-7-3-1-5-10(12)9-11-6-2-4-8-13(11)17-19-15/h1-8H,9H2. The number of benzene rings is 2. The van der Waals surface area contributed by atoms with Crippen molar-refractivity contribution in [2.24, 2.45) is 10.2 Å². The van der Waals surface area contributed by atoms with Gasteiger partial charge in [0.25, 0.3) is 0 Å². The second-order valence-electron chi connectivity index (χ2n) is 3.81. The lowest BCUT2D eigenvalue weighted by Gasteiger charge is -2.07. The van der Waals surface area contributed by atoms with E-state index in [1.54, 1.807) is 12.1 Å². The van der Waals surface area contributed by atoms with Crippen LogP contribution in [0.5, 0.6) is 0 Å². The molecule has 2 aromatic rings. The van der Waals surface area contributed by atoms with Crippen molar-refractivity contribution in [2.45, 2.75) is 6.42 Å². The summed E-state index contributed by atoms with van der Waals surface area (Å²) in [6.45, 7) is 0. The number of hydrogen-bond acceptors (Lipinski definition) is 2. The highest BCUT2D eigenvalue weighted by Crippen LogP contribution is 2.26. The van der Waals surface area contributed by atoms with Crippen LogP contribution in [0.4, 0.5) is 11.4 Å². The zero-order chi connectivity index (χ0) is 13.5. The molecule has 0 bridgehead atoms. The van der Waals surface area contributed by atoms with Gasteiger partial charge in [-0.2, -0.15) is 0 Å². The van der Waals surface area contributed by atoms with Crippen LogP contribution in [-0.2, 0) is 6.42 Å². The molecule has 0 amide bonds. The molecule has 0 fully saturated rings. The van der Waals surface area contributed by atoms with Gasteiger partial charge in [-0.1, -0.05) is 58.8 Å². The van der Waals surface area contributed by atoms with E-state index in [9.17, 15) is 0 Å². The third-order valence-electron chi connectivity index (χ3n) is 2.67. The first-order valence-electron chi connectivity index (χ1n) is 5.61. The summed E-state index contributed by atoms with van der Waals surface area (Å²) in [5.74, 6) is 0. The minimum absolute atomic E-state index is 0.546. The average Bonchev–Trinajstić information content (AvgIpc) is 2.44. The van der Waals surface area contributed by atoms with E-state index in [0.29, 0.717) is 17.8 Å². The van der Waals surface area contributed by atoms with E-state index in [1.807, 2.05) is 36.4 Å². The second-order valence-corrected chi connectivity index (χ2v) is 3.81. The van der Waals surface area contributed by atoms with Crippen LogP contribution < -0.4 is 0 Å². The molecule has 92 valence electrons. The van der Waals surface area contributed by atoms with Crippen LogP contribution in [0.25, 0.3) is 20.9 Å². The van der Waals surface area contributed by atoms with E-state index in [-0.39, 0.29) is 0 Å².